The number of nitrogens with zero attached hydrogens (tertiary/aromatic N) is 3. The van der Waals surface area contributed by atoms with Crippen molar-refractivity contribution in [2.45, 2.75) is 69.8 Å². The molecular weight excluding hydrogens is 356 g/mol. The third-order valence-corrected chi connectivity index (χ3v) is 6.44. The van der Waals surface area contributed by atoms with E-state index in [9.17, 15) is 4.79 Å². The third-order valence-electron chi connectivity index (χ3n) is 5.36. The standard InChI is InChI=1S/C21H30N4OS/c1-4-25-19(18-13-9-8-10-15(18)2)23-24-21(25)27-16(3)20(26)22-14-17-11-6-5-7-12-17/h8-10,13,16-17H,4-7,11-12,14H2,1-3H3,(H,22,26). The molecule has 0 spiro atoms. The fourth-order valence-electron chi connectivity index (χ4n) is 3.68. The van der Waals surface area contributed by atoms with Crippen LogP contribution in [0.1, 0.15) is 51.5 Å². The molecule has 146 valence electrons. The van der Waals surface area contributed by atoms with Gasteiger partial charge in [-0.05, 0) is 45.1 Å². The van der Waals surface area contributed by atoms with Gasteiger partial charge in [0.05, 0.1) is 5.25 Å². The van der Waals surface area contributed by atoms with Gasteiger partial charge in [-0.15, -0.1) is 10.2 Å². The maximum absolute atomic E-state index is 12.5. The average Bonchev–Trinajstić information content (AvgIpc) is 3.09. The minimum absolute atomic E-state index is 0.0914. The Morgan fingerprint density at radius 1 is 1.26 bits per heavy atom. The zero-order valence-corrected chi connectivity index (χ0v) is 17.4. The summed E-state index contributed by atoms with van der Waals surface area (Å²) < 4.78 is 2.10. The first-order valence-corrected chi connectivity index (χ1v) is 10.9. The molecule has 3 rings (SSSR count). The molecule has 1 aliphatic rings. The maximum Gasteiger partial charge on any atom is 0.233 e. The lowest BCUT2D eigenvalue weighted by molar-refractivity contribution is -0.120. The highest BCUT2D eigenvalue weighted by atomic mass is 32.2. The van der Waals surface area contributed by atoms with E-state index in [1.807, 2.05) is 19.1 Å². The van der Waals surface area contributed by atoms with Gasteiger partial charge in [0.25, 0.3) is 0 Å². The van der Waals surface area contributed by atoms with Crippen molar-refractivity contribution in [1.82, 2.24) is 20.1 Å². The molecular formula is C21H30N4OS. The van der Waals surface area contributed by atoms with Crippen LogP contribution in [0.2, 0.25) is 0 Å². The van der Waals surface area contributed by atoms with Crippen LogP contribution < -0.4 is 5.32 Å². The van der Waals surface area contributed by atoms with Crippen LogP contribution in [-0.2, 0) is 11.3 Å². The van der Waals surface area contributed by atoms with Gasteiger partial charge in [-0.1, -0.05) is 55.3 Å². The fraction of sp³-hybridized carbons (Fsp3) is 0.571. The summed E-state index contributed by atoms with van der Waals surface area (Å²) in [5.41, 5.74) is 2.27. The van der Waals surface area contributed by atoms with Crippen LogP contribution >= 0.6 is 11.8 Å². The molecule has 0 radical (unpaired) electrons. The molecule has 5 nitrogen and oxygen atoms in total. The van der Waals surface area contributed by atoms with Crippen LogP contribution in [-0.4, -0.2) is 32.5 Å². The summed E-state index contributed by atoms with van der Waals surface area (Å²) in [6.45, 7) is 7.69. The van der Waals surface area contributed by atoms with E-state index in [4.69, 9.17) is 0 Å². The predicted octanol–water partition coefficient (Wildman–Crippen LogP) is 4.45. The number of hydrogen-bond donors (Lipinski definition) is 1. The number of thioether (sulfide) groups is 1. The normalized spacial score (nSPS) is 16.3. The molecule has 1 N–H and O–H groups in total. The van der Waals surface area contributed by atoms with Crippen LogP contribution in [0, 0.1) is 12.8 Å². The van der Waals surface area contributed by atoms with Gasteiger partial charge < -0.3 is 9.88 Å². The summed E-state index contributed by atoms with van der Waals surface area (Å²) >= 11 is 1.49. The van der Waals surface area contributed by atoms with Gasteiger partial charge in [0, 0.05) is 18.7 Å². The number of benzene rings is 1. The first-order valence-electron chi connectivity index (χ1n) is 10.0. The summed E-state index contributed by atoms with van der Waals surface area (Å²) in [5.74, 6) is 1.61. The molecule has 1 atom stereocenters. The van der Waals surface area contributed by atoms with E-state index in [0.29, 0.717) is 5.92 Å². The van der Waals surface area contributed by atoms with Gasteiger partial charge in [-0.3, -0.25) is 4.79 Å². The summed E-state index contributed by atoms with van der Waals surface area (Å²) in [5, 5.41) is 12.5. The molecule has 1 amide bonds. The van der Waals surface area contributed by atoms with Crippen LogP contribution in [0.4, 0.5) is 0 Å². The zero-order chi connectivity index (χ0) is 19.2. The van der Waals surface area contributed by atoms with E-state index in [1.165, 1.54) is 49.4 Å². The largest absolute Gasteiger partial charge is 0.355 e. The molecule has 2 aromatic rings. The average molecular weight is 387 g/mol. The highest BCUT2D eigenvalue weighted by Gasteiger charge is 2.22. The van der Waals surface area contributed by atoms with Crippen molar-refractivity contribution in [2.24, 2.45) is 5.92 Å². The van der Waals surface area contributed by atoms with E-state index in [1.54, 1.807) is 0 Å². The number of aryl methyl sites for hydroxylation is 1. The van der Waals surface area contributed by atoms with Crippen molar-refractivity contribution in [3.8, 4) is 11.4 Å². The van der Waals surface area contributed by atoms with Crippen molar-refractivity contribution < 1.29 is 4.79 Å². The minimum Gasteiger partial charge on any atom is -0.355 e. The zero-order valence-electron chi connectivity index (χ0n) is 16.6. The molecule has 1 saturated carbocycles. The number of carbonyl (C=O) groups is 1. The first-order chi connectivity index (χ1) is 13.1. The Hall–Kier alpha value is -1.82. The van der Waals surface area contributed by atoms with Gasteiger partial charge in [0.15, 0.2) is 11.0 Å². The van der Waals surface area contributed by atoms with Gasteiger partial charge in [-0.25, -0.2) is 0 Å². The SMILES string of the molecule is CCn1c(SC(C)C(=O)NCC2CCCCC2)nnc1-c1ccccc1C. The molecule has 1 aromatic carbocycles. The second kappa shape index (κ2) is 9.40. The molecule has 0 aliphatic heterocycles. The monoisotopic (exact) mass is 386 g/mol. The second-order valence-electron chi connectivity index (χ2n) is 7.37. The van der Waals surface area contributed by atoms with Gasteiger partial charge in [0.1, 0.15) is 0 Å². The van der Waals surface area contributed by atoms with Crippen LogP contribution in [0.3, 0.4) is 0 Å². The lowest BCUT2D eigenvalue weighted by atomic mass is 9.89. The second-order valence-corrected chi connectivity index (χ2v) is 8.68. The Balaban J connectivity index is 1.64. The van der Waals surface area contributed by atoms with E-state index in [-0.39, 0.29) is 11.2 Å². The molecule has 6 heteroatoms. The molecule has 0 bridgehead atoms. The van der Waals surface area contributed by atoms with Crippen molar-refractivity contribution in [1.29, 1.82) is 0 Å². The van der Waals surface area contributed by atoms with Crippen molar-refractivity contribution in [3.05, 3.63) is 29.8 Å². The summed E-state index contributed by atoms with van der Waals surface area (Å²) in [4.78, 5) is 12.5. The smallest absolute Gasteiger partial charge is 0.233 e. The molecule has 1 fully saturated rings. The minimum atomic E-state index is -0.187. The summed E-state index contributed by atoms with van der Waals surface area (Å²) in [6, 6.07) is 8.20. The highest BCUT2D eigenvalue weighted by molar-refractivity contribution is 8.00. The first kappa shape index (κ1) is 19.9. The highest BCUT2D eigenvalue weighted by Crippen LogP contribution is 2.28. The van der Waals surface area contributed by atoms with Crippen molar-refractivity contribution >= 4 is 17.7 Å². The van der Waals surface area contributed by atoms with E-state index < -0.39 is 0 Å². The van der Waals surface area contributed by atoms with E-state index in [0.717, 1.165) is 29.6 Å². The Kier molecular flexibility index (Phi) is 6.94. The number of carbonyl (C=O) groups excluding carboxylic acids is 1. The Morgan fingerprint density at radius 3 is 2.70 bits per heavy atom. The number of nitrogens with one attached hydrogen (secondary N) is 1. The van der Waals surface area contributed by atoms with Gasteiger partial charge >= 0.3 is 0 Å². The quantitative estimate of drug-likeness (QED) is 0.714. The van der Waals surface area contributed by atoms with Crippen molar-refractivity contribution in [2.75, 3.05) is 6.54 Å². The molecule has 1 heterocycles. The van der Waals surface area contributed by atoms with Crippen molar-refractivity contribution in [3.63, 3.8) is 0 Å². The summed E-state index contributed by atoms with van der Waals surface area (Å²) in [7, 11) is 0. The number of hydrogen-bond acceptors (Lipinski definition) is 4. The maximum atomic E-state index is 12.5. The molecule has 1 aliphatic carbocycles. The van der Waals surface area contributed by atoms with Crippen LogP contribution in [0.15, 0.2) is 29.4 Å². The van der Waals surface area contributed by atoms with E-state index >= 15 is 0 Å². The Morgan fingerprint density at radius 2 is 2.00 bits per heavy atom. The van der Waals surface area contributed by atoms with Gasteiger partial charge in [0.2, 0.25) is 5.91 Å². The Bertz CT molecular complexity index is 767. The number of amides is 1. The van der Waals surface area contributed by atoms with Crippen LogP contribution in [0.25, 0.3) is 11.4 Å². The lowest BCUT2D eigenvalue weighted by Crippen LogP contribution is -2.35. The molecule has 0 saturated heterocycles. The molecule has 1 unspecified atom stereocenters. The molecule has 1 aromatic heterocycles. The predicted molar refractivity (Wildman–Crippen MR) is 111 cm³/mol. The summed E-state index contributed by atoms with van der Waals surface area (Å²) in [6.07, 6.45) is 6.42. The van der Waals surface area contributed by atoms with Gasteiger partial charge in [-0.2, -0.15) is 0 Å². The third kappa shape index (κ3) is 4.92. The molecule has 27 heavy (non-hydrogen) atoms. The fourth-order valence-corrected chi connectivity index (χ4v) is 4.61. The van der Waals surface area contributed by atoms with Crippen LogP contribution in [0.5, 0.6) is 0 Å². The number of aromatic nitrogens is 3. The topological polar surface area (TPSA) is 59.8 Å². The lowest BCUT2D eigenvalue weighted by Gasteiger charge is -2.22. The number of rotatable bonds is 7. The van der Waals surface area contributed by atoms with E-state index in [2.05, 4.69) is 46.1 Å². The Labute approximate surface area is 166 Å².